The van der Waals surface area contributed by atoms with Gasteiger partial charge in [-0.1, -0.05) is 24.6 Å². The van der Waals surface area contributed by atoms with Crippen LogP contribution in [0.4, 0.5) is 10.6 Å². The molecule has 0 spiro atoms. The maximum absolute atomic E-state index is 12.7. The zero-order chi connectivity index (χ0) is 27.0. The molecular formula is C28H32ClN7O2. The van der Waals surface area contributed by atoms with Gasteiger partial charge in [0.25, 0.3) is 0 Å². The molecular weight excluding hydrogens is 502 g/mol. The van der Waals surface area contributed by atoms with Crippen LogP contribution in [0.5, 0.6) is 0 Å². The maximum Gasteiger partial charge on any atom is 0.410 e. The van der Waals surface area contributed by atoms with Crippen LogP contribution < -0.4 is 4.90 Å². The molecule has 1 aliphatic rings. The molecule has 1 amide bonds. The summed E-state index contributed by atoms with van der Waals surface area (Å²) in [7, 11) is 0. The van der Waals surface area contributed by atoms with Crippen LogP contribution in [0.3, 0.4) is 0 Å². The summed E-state index contributed by atoms with van der Waals surface area (Å²) in [5.41, 5.74) is 3.71. The highest BCUT2D eigenvalue weighted by Gasteiger charge is 2.32. The van der Waals surface area contributed by atoms with Gasteiger partial charge in [0.15, 0.2) is 5.65 Å². The Morgan fingerprint density at radius 3 is 2.63 bits per heavy atom. The first-order chi connectivity index (χ1) is 18.2. The van der Waals surface area contributed by atoms with Crippen molar-refractivity contribution in [1.29, 1.82) is 0 Å². The van der Waals surface area contributed by atoms with E-state index in [1.54, 1.807) is 23.6 Å². The fraction of sp³-hybridized carbons (Fsp3) is 0.393. The summed E-state index contributed by atoms with van der Waals surface area (Å²) in [5.74, 6) is 0.801. The molecule has 5 rings (SSSR count). The Morgan fingerprint density at radius 2 is 1.92 bits per heavy atom. The third-order valence-electron chi connectivity index (χ3n) is 6.56. The van der Waals surface area contributed by atoms with E-state index in [2.05, 4.69) is 23.7 Å². The Hall–Kier alpha value is -3.72. The van der Waals surface area contributed by atoms with Crippen molar-refractivity contribution in [2.24, 2.45) is 0 Å². The second kappa shape index (κ2) is 10.2. The van der Waals surface area contributed by atoms with E-state index in [0.717, 1.165) is 45.9 Å². The van der Waals surface area contributed by atoms with Gasteiger partial charge in [-0.3, -0.25) is 9.97 Å². The molecule has 0 unspecified atom stereocenters. The summed E-state index contributed by atoms with van der Waals surface area (Å²) in [4.78, 5) is 35.5. The molecule has 1 saturated heterocycles. The van der Waals surface area contributed by atoms with E-state index < -0.39 is 5.60 Å². The van der Waals surface area contributed by atoms with Gasteiger partial charge in [-0.15, -0.1) is 0 Å². The molecule has 0 N–H and O–H groups in total. The first kappa shape index (κ1) is 25.9. The molecule has 4 aromatic rings. The molecule has 3 aromatic heterocycles. The van der Waals surface area contributed by atoms with Gasteiger partial charge in [0.05, 0.1) is 16.8 Å². The SMILES string of the molecule is CCc1nccnc1-c1cn(-c2cccc(Cl)c2)c2ncnc(N3CCN(C(=O)OC(C)(C)C)C[C@@H]3C)c12. The number of fused-ring (bicyclic) bond motifs is 1. The monoisotopic (exact) mass is 533 g/mol. The number of amides is 1. The van der Waals surface area contributed by atoms with E-state index in [4.69, 9.17) is 31.3 Å². The third-order valence-corrected chi connectivity index (χ3v) is 6.80. The van der Waals surface area contributed by atoms with Gasteiger partial charge in [-0.25, -0.2) is 14.8 Å². The number of piperazine rings is 1. The lowest BCUT2D eigenvalue weighted by atomic mass is 10.1. The number of halogens is 1. The summed E-state index contributed by atoms with van der Waals surface area (Å²) in [6.45, 7) is 11.5. The van der Waals surface area contributed by atoms with Gasteiger partial charge >= 0.3 is 6.09 Å². The van der Waals surface area contributed by atoms with Crippen molar-refractivity contribution in [1.82, 2.24) is 29.4 Å². The Balaban J connectivity index is 1.62. The minimum Gasteiger partial charge on any atom is -0.444 e. The first-order valence-corrected chi connectivity index (χ1v) is 13.2. The third kappa shape index (κ3) is 5.03. The molecule has 0 bridgehead atoms. The van der Waals surface area contributed by atoms with E-state index in [1.807, 2.05) is 55.8 Å². The molecule has 198 valence electrons. The number of aryl methyl sites for hydroxylation is 1. The number of nitrogens with zero attached hydrogens (tertiary/aromatic N) is 7. The molecule has 38 heavy (non-hydrogen) atoms. The second-order valence-corrected chi connectivity index (χ2v) is 10.9. The Labute approximate surface area is 227 Å². The van der Waals surface area contributed by atoms with Crippen LogP contribution in [-0.4, -0.2) is 66.8 Å². The van der Waals surface area contributed by atoms with E-state index in [1.165, 1.54) is 0 Å². The smallest absolute Gasteiger partial charge is 0.410 e. The number of rotatable bonds is 4. The molecule has 0 saturated carbocycles. The van der Waals surface area contributed by atoms with Crippen LogP contribution in [0.25, 0.3) is 28.0 Å². The topological polar surface area (TPSA) is 89.3 Å². The van der Waals surface area contributed by atoms with Gasteiger partial charge < -0.3 is 19.1 Å². The summed E-state index contributed by atoms with van der Waals surface area (Å²) in [5, 5.41) is 1.53. The average molecular weight is 534 g/mol. The van der Waals surface area contributed by atoms with Gasteiger partial charge in [-0.2, -0.15) is 0 Å². The largest absolute Gasteiger partial charge is 0.444 e. The number of carbonyl (C=O) groups is 1. The van der Waals surface area contributed by atoms with Crippen LogP contribution in [-0.2, 0) is 11.2 Å². The number of carbonyl (C=O) groups excluding carboxylic acids is 1. The Morgan fingerprint density at radius 1 is 1.13 bits per heavy atom. The highest BCUT2D eigenvalue weighted by molar-refractivity contribution is 6.30. The van der Waals surface area contributed by atoms with Crippen LogP contribution in [0.2, 0.25) is 5.02 Å². The zero-order valence-corrected chi connectivity index (χ0v) is 23.1. The fourth-order valence-corrected chi connectivity index (χ4v) is 5.07. The first-order valence-electron chi connectivity index (χ1n) is 12.8. The lowest BCUT2D eigenvalue weighted by Gasteiger charge is -2.41. The van der Waals surface area contributed by atoms with Gasteiger partial charge in [0.1, 0.15) is 17.7 Å². The molecule has 9 nitrogen and oxygen atoms in total. The molecule has 1 fully saturated rings. The number of anilines is 1. The molecule has 0 radical (unpaired) electrons. The van der Waals surface area contributed by atoms with Gasteiger partial charge in [0.2, 0.25) is 0 Å². The number of aromatic nitrogens is 5. The van der Waals surface area contributed by atoms with Crippen LogP contribution in [0, 0.1) is 0 Å². The zero-order valence-electron chi connectivity index (χ0n) is 22.3. The van der Waals surface area contributed by atoms with Gasteiger partial charge in [-0.05, 0) is 52.3 Å². The van der Waals surface area contributed by atoms with Crippen LogP contribution in [0.1, 0.15) is 40.3 Å². The van der Waals surface area contributed by atoms with Crippen molar-refractivity contribution in [3.05, 3.63) is 59.9 Å². The molecule has 1 aromatic carbocycles. The molecule has 1 atom stereocenters. The highest BCUT2D eigenvalue weighted by atomic mass is 35.5. The van der Waals surface area contributed by atoms with Crippen molar-refractivity contribution >= 4 is 34.5 Å². The molecule has 10 heteroatoms. The molecule has 0 aliphatic carbocycles. The van der Waals surface area contributed by atoms with Crippen molar-refractivity contribution in [2.75, 3.05) is 24.5 Å². The fourth-order valence-electron chi connectivity index (χ4n) is 4.88. The highest BCUT2D eigenvalue weighted by Crippen LogP contribution is 2.38. The predicted octanol–water partition coefficient (Wildman–Crippen LogP) is 5.54. The maximum atomic E-state index is 12.7. The van der Waals surface area contributed by atoms with Crippen molar-refractivity contribution < 1.29 is 9.53 Å². The van der Waals surface area contributed by atoms with Crippen LogP contribution >= 0.6 is 11.6 Å². The summed E-state index contributed by atoms with van der Waals surface area (Å²) >= 11 is 6.35. The predicted molar refractivity (Wildman–Crippen MR) is 149 cm³/mol. The number of ether oxygens (including phenoxy) is 1. The quantitative estimate of drug-likeness (QED) is 0.340. The lowest BCUT2D eigenvalue weighted by Crippen LogP contribution is -2.54. The Bertz CT molecular complexity index is 1480. The number of hydrogen-bond donors (Lipinski definition) is 0. The Kier molecular flexibility index (Phi) is 6.96. The van der Waals surface area contributed by atoms with E-state index in [-0.39, 0.29) is 12.1 Å². The molecule has 4 heterocycles. The van der Waals surface area contributed by atoms with Gasteiger partial charge in [0, 0.05) is 60.5 Å². The second-order valence-electron chi connectivity index (χ2n) is 10.5. The van der Waals surface area contributed by atoms with E-state index in [9.17, 15) is 4.79 Å². The standard InChI is InChI=1S/C28H32ClN7O2/c1-6-22-24(31-11-10-30-22)21-16-36(20-9-7-8-19(29)14-20)26-23(21)25(32-17-33-26)35-13-12-34(15-18(35)2)27(37)38-28(3,4)5/h7-11,14,16-18H,6,12-13,15H2,1-5H3/t18-/m0/s1. The summed E-state index contributed by atoms with van der Waals surface area (Å²) in [6.07, 6.45) is 7.50. The lowest BCUT2D eigenvalue weighted by molar-refractivity contribution is 0.0218. The average Bonchev–Trinajstić information content (AvgIpc) is 3.27. The minimum absolute atomic E-state index is 0.00393. The van der Waals surface area contributed by atoms with Crippen LogP contribution in [0.15, 0.2) is 49.2 Å². The van der Waals surface area contributed by atoms with Crippen molar-refractivity contribution in [3.63, 3.8) is 0 Å². The van der Waals surface area contributed by atoms with E-state index >= 15 is 0 Å². The number of hydrogen-bond acceptors (Lipinski definition) is 7. The summed E-state index contributed by atoms with van der Waals surface area (Å²) in [6, 6.07) is 7.68. The van der Waals surface area contributed by atoms with E-state index in [0.29, 0.717) is 24.7 Å². The van der Waals surface area contributed by atoms with Crippen molar-refractivity contribution in [2.45, 2.75) is 52.7 Å². The number of benzene rings is 1. The molecule has 1 aliphatic heterocycles. The van der Waals surface area contributed by atoms with Crippen molar-refractivity contribution in [3.8, 4) is 16.9 Å². The minimum atomic E-state index is -0.540. The normalized spacial score (nSPS) is 16.2. The summed E-state index contributed by atoms with van der Waals surface area (Å²) < 4.78 is 7.64.